The van der Waals surface area contributed by atoms with Gasteiger partial charge in [-0.05, 0) is 48.8 Å². The number of hydrogen-bond acceptors (Lipinski definition) is 2. The van der Waals surface area contributed by atoms with Gasteiger partial charge in [0.2, 0.25) is 0 Å². The zero-order chi connectivity index (χ0) is 17.7. The van der Waals surface area contributed by atoms with Crippen molar-refractivity contribution in [3.63, 3.8) is 0 Å². The molecule has 0 spiro atoms. The monoisotopic (exact) mass is 329 g/mol. The van der Waals surface area contributed by atoms with Crippen molar-refractivity contribution in [2.75, 3.05) is 0 Å². The van der Waals surface area contributed by atoms with Gasteiger partial charge in [0.15, 0.2) is 0 Å². The van der Waals surface area contributed by atoms with Crippen molar-refractivity contribution in [1.82, 2.24) is 4.90 Å². The molecule has 2 bridgehead atoms. The molecule has 4 heteroatoms. The number of carbonyl (C=O) groups excluding carboxylic acids is 1. The second-order valence-corrected chi connectivity index (χ2v) is 8.31. The molecule has 0 radical (unpaired) electrons. The van der Waals surface area contributed by atoms with Crippen LogP contribution in [-0.4, -0.2) is 34.0 Å². The van der Waals surface area contributed by atoms with Crippen molar-refractivity contribution in [2.45, 2.75) is 70.9 Å². The van der Waals surface area contributed by atoms with Crippen molar-refractivity contribution in [3.8, 4) is 0 Å². The Balaban J connectivity index is 1.87. The van der Waals surface area contributed by atoms with E-state index in [-0.39, 0.29) is 23.4 Å². The third kappa shape index (κ3) is 2.43. The van der Waals surface area contributed by atoms with E-state index in [1.165, 1.54) is 5.56 Å². The van der Waals surface area contributed by atoms with Crippen LogP contribution in [0.5, 0.6) is 0 Å². The summed E-state index contributed by atoms with van der Waals surface area (Å²) in [5.41, 5.74) is 1.15. The van der Waals surface area contributed by atoms with Gasteiger partial charge in [-0.3, -0.25) is 9.59 Å². The quantitative estimate of drug-likeness (QED) is 0.916. The zero-order valence-electron chi connectivity index (χ0n) is 15.0. The number of hydrogen-bond donors (Lipinski definition) is 1. The molecular formula is C20H27NO3. The van der Waals surface area contributed by atoms with Crippen molar-refractivity contribution >= 4 is 11.9 Å². The molecule has 1 N–H and O–H groups in total. The van der Waals surface area contributed by atoms with Crippen LogP contribution < -0.4 is 0 Å². The fraction of sp³-hybridized carbons (Fsp3) is 0.600. The highest BCUT2D eigenvalue weighted by Crippen LogP contribution is 2.52. The van der Waals surface area contributed by atoms with Crippen LogP contribution in [0.2, 0.25) is 0 Å². The topological polar surface area (TPSA) is 57.6 Å². The molecule has 2 saturated heterocycles. The van der Waals surface area contributed by atoms with E-state index in [9.17, 15) is 14.7 Å². The van der Waals surface area contributed by atoms with Crippen LogP contribution >= 0.6 is 0 Å². The normalized spacial score (nSPS) is 29.1. The van der Waals surface area contributed by atoms with Crippen molar-refractivity contribution in [3.05, 3.63) is 35.4 Å². The van der Waals surface area contributed by atoms with Gasteiger partial charge in [-0.15, -0.1) is 0 Å². The average Bonchev–Trinajstić information content (AvgIpc) is 3.09. The maximum atomic E-state index is 13.0. The fourth-order valence-corrected chi connectivity index (χ4v) is 4.51. The Kier molecular flexibility index (Phi) is 3.97. The Labute approximate surface area is 143 Å². The van der Waals surface area contributed by atoms with Crippen LogP contribution in [0.15, 0.2) is 24.3 Å². The standard InChI is InChI=1S/C20H27NO3/c1-5-20(18(23)24)12-15-10-11-16(20)21(15)17(22)13-6-8-14(9-7-13)19(2,3)4/h6-9,15-16H,5,10-12H2,1-4H3,(H,23,24)/t15-,16+,20+/m0/s1. The maximum Gasteiger partial charge on any atom is 0.311 e. The van der Waals surface area contributed by atoms with Crippen molar-refractivity contribution in [1.29, 1.82) is 0 Å². The zero-order valence-corrected chi connectivity index (χ0v) is 15.0. The molecule has 0 saturated carbocycles. The lowest BCUT2D eigenvalue weighted by Crippen LogP contribution is -2.44. The molecule has 24 heavy (non-hydrogen) atoms. The van der Waals surface area contributed by atoms with E-state index in [1.54, 1.807) is 0 Å². The number of aliphatic carboxylic acids is 1. The van der Waals surface area contributed by atoms with Crippen molar-refractivity contribution < 1.29 is 14.7 Å². The number of carboxylic acids is 1. The summed E-state index contributed by atoms with van der Waals surface area (Å²) in [4.78, 5) is 26.8. The smallest absolute Gasteiger partial charge is 0.311 e. The van der Waals surface area contributed by atoms with Gasteiger partial charge in [-0.25, -0.2) is 0 Å². The molecule has 4 nitrogen and oxygen atoms in total. The van der Waals surface area contributed by atoms with Crippen LogP contribution in [0.25, 0.3) is 0 Å². The first-order valence-corrected chi connectivity index (χ1v) is 8.87. The summed E-state index contributed by atoms with van der Waals surface area (Å²) >= 11 is 0. The summed E-state index contributed by atoms with van der Waals surface area (Å²) in [5.74, 6) is -0.766. The lowest BCUT2D eigenvalue weighted by atomic mass is 9.72. The minimum Gasteiger partial charge on any atom is -0.481 e. The number of fused-ring (bicyclic) bond motifs is 2. The Morgan fingerprint density at radius 1 is 1.21 bits per heavy atom. The predicted octanol–water partition coefficient (Wildman–Crippen LogP) is 3.84. The highest BCUT2D eigenvalue weighted by Gasteiger charge is 2.60. The van der Waals surface area contributed by atoms with Gasteiger partial charge in [-0.2, -0.15) is 0 Å². The number of rotatable bonds is 3. The Morgan fingerprint density at radius 2 is 1.83 bits per heavy atom. The largest absolute Gasteiger partial charge is 0.481 e. The summed E-state index contributed by atoms with van der Waals surface area (Å²) in [5, 5.41) is 9.74. The van der Waals surface area contributed by atoms with Gasteiger partial charge < -0.3 is 10.0 Å². The van der Waals surface area contributed by atoms with E-state index >= 15 is 0 Å². The van der Waals surface area contributed by atoms with Crippen molar-refractivity contribution in [2.24, 2.45) is 5.41 Å². The summed E-state index contributed by atoms with van der Waals surface area (Å²) in [6.07, 6.45) is 2.90. The molecule has 2 fully saturated rings. The predicted molar refractivity (Wildman–Crippen MR) is 93.1 cm³/mol. The van der Waals surface area contributed by atoms with Gasteiger partial charge in [0.1, 0.15) is 0 Å². The summed E-state index contributed by atoms with van der Waals surface area (Å²) in [6, 6.07) is 7.69. The highest BCUT2D eigenvalue weighted by atomic mass is 16.4. The number of benzene rings is 1. The Hall–Kier alpha value is -1.84. The number of amides is 1. The first-order valence-electron chi connectivity index (χ1n) is 8.87. The SMILES string of the molecule is CC[C@@]1(C(=O)O)C[C@@H]2CC[C@H]1N2C(=O)c1ccc(C(C)(C)C)cc1. The van der Waals surface area contributed by atoms with Crippen LogP contribution in [0.4, 0.5) is 0 Å². The molecule has 2 heterocycles. The molecule has 1 aromatic rings. The molecule has 3 atom stereocenters. The molecule has 1 amide bonds. The third-order valence-corrected chi connectivity index (χ3v) is 6.03. The second kappa shape index (κ2) is 5.61. The molecule has 2 aliphatic heterocycles. The van der Waals surface area contributed by atoms with E-state index in [1.807, 2.05) is 36.1 Å². The number of nitrogens with zero attached hydrogens (tertiary/aromatic N) is 1. The third-order valence-electron chi connectivity index (χ3n) is 6.03. The molecular weight excluding hydrogens is 302 g/mol. The molecule has 0 aliphatic carbocycles. The Morgan fingerprint density at radius 3 is 2.29 bits per heavy atom. The van der Waals surface area contributed by atoms with Gasteiger partial charge in [-0.1, -0.05) is 39.8 Å². The molecule has 2 aliphatic rings. The summed E-state index contributed by atoms with van der Waals surface area (Å²) in [6.45, 7) is 8.36. The first kappa shape index (κ1) is 17.0. The molecule has 3 rings (SSSR count). The first-order chi connectivity index (χ1) is 11.2. The maximum absolute atomic E-state index is 13.0. The summed E-state index contributed by atoms with van der Waals surface area (Å²) < 4.78 is 0. The molecule has 130 valence electrons. The molecule has 0 aromatic heterocycles. The van der Waals surface area contributed by atoms with E-state index in [4.69, 9.17) is 0 Å². The van der Waals surface area contributed by atoms with Gasteiger partial charge in [0.25, 0.3) is 5.91 Å². The van der Waals surface area contributed by atoms with Crippen LogP contribution in [0.1, 0.15) is 69.3 Å². The minimum atomic E-state index is -0.760. The molecule has 1 aromatic carbocycles. The van der Waals surface area contributed by atoms with Gasteiger partial charge >= 0.3 is 5.97 Å². The number of carbonyl (C=O) groups is 2. The van der Waals surface area contributed by atoms with E-state index in [0.717, 1.165) is 12.8 Å². The minimum absolute atomic E-state index is 0.0143. The average molecular weight is 329 g/mol. The molecule has 0 unspecified atom stereocenters. The van der Waals surface area contributed by atoms with E-state index in [2.05, 4.69) is 20.8 Å². The highest BCUT2D eigenvalue weighted by molar-refractivity contribution is 5.96. The summed E-state index contributed by atoms with van der Waals surface area (Å²) in [7, 11) is 0. The second-order valence-electron chi connectivity index (χ2n) is 8.31. The van der Waals surface area contributed by atoms with E-state index in [0.29, 0.717) is 18.4 Å². The lowest BCUT2D eigenvalue weighted by Gasteiger charge is -2.32. The van der Waals surface area contributed by atoms with Crippen LogP contribution in [0, 0.1) is 5.41 Å². The van der Waals surface area contributed by atoms with Gasteiger partial charge in [0, 0.05) is 17.6 Å². The van der Waals surface area contributed by atoms with Gasteiger partial charge in [0.05, 0.1) is 5.41 Å². The van der Waals surface area contributed by atoms with E-state index < -0.39 is 11.4 Å². The van der Waals surface area contributed by atoms with Crippen LogP contribution in [-0.2, 0) is 10.2 Å². The van der Waals surface area contributed by atoms with Crippen LogP contribution in [0.3, 0.4) is 0 Å². The Bertz CT molecular complexity index is 658. The fourth-order valence-electron chi connectivity index (χ4n) is 4.51. The number of carboxylic acid groups (broad SMARTS) is 1. The lowest BCUT2D eigenvalue weighted by molar-refractivity contribution is -0.151.